The molecule has 0 unspecified atom stereocenters. The molecule has 0 atom stereocenters. The zero-order chi connectivity index (χ0) is 20.0. The number of carbonyl (C=O) groups is 1. The van der Waals surface area contributed by atoms with Gasteiger partial charge in [-0.1, -0.05) is 62.4 Å². The van der Waals surface area contributed by atoms with Crippen molar-refractivity contribution in [3.63, 3.8) is 0 Å². The highest BCUT2D eigenvalue weighted by Gasteiger charge is 2.23. The van der Waals surface area contributed by atoms with Gasteiger partial charge in [0.2, 0.25) is 0 Å². The van der Waals surface area contributed by atoms with E-state index < -0.39 is 5.54 Å². The molecule has 0 aliphatic carbocycles. The van der Waals surface area contributed by atoms with Gasteiger partial charge in [-0.3, -0.25) is 0 Å². The monoisotopic (exact) mass is 366 g/mol. The van der Waals surface area contributed by atoms with Crippen molar-refractivity contribution in [2.45, 2.75) is 46.1 Å². The first kappa shape index (κ1) is 20.5. The summed E-state index contributed by atoms with van der Waals surface area (Å²) in [6, 6.07) is 15.7. The van der Waals surface area contributed by atoms with Gasteiger partial charge in [0.25, 0.3) is 0 Å². The van der Waals surface area contributed by atoms with E-state index in [0.717, 1.165) is 46.4 Å². The molecule has 0 bridgehead atoms. The van der Waals surface area contributed by atoms with Crippen molar-refractivity contribution >= 4 is 22.9 Å². The highest BCUT2D eigenvalue weighted by molar-refractivity contribution is 5.90. The van der Waals surface area contributed by atoms with E-state index in [1.165, 1.54) is 0 Å². The minimum atomic E-state index is -0.515. The summed E-state index contributed by atoms with van der Waals surface area (Å²) in [5.74, 6) is 0. The number of allylic oxidation sites excluding steroid dienone is 2. The Morgan fingerprint density at radius 1 is 1.07 bits per heavy atom. The second-order valence-electron chi connectivity index (χ2n) is 7.50. The van der Waals surface area contributed by atoms with E-state index in [2.05, 4.69) is 36.8 Å². The van der Waals surface area contributed by atoms with Crippen molar-refractivity contribution in [3.05, 3.63) is 78.4 Å². The average Bonchev–Trinajstić information content (AvgIpc) is 2.61. The minimum Gasteiger partial charge on any atom is -0.329 e. The molecule has 2 rings (SSSR count). The molecule has 3 nitrogen and oxygen atoms in total. The third-order valence-corrected chi connectivity index (χ3v) is 4.58. The summed E-state index contributed by atoms with van der Waals surface area (Å²) in [5.41, 5.74) is 5.49. The second kappa shape index (κ2) is 8.72. The van der Waals surface area contributed by atoms with E-state index in [1.807, 2.05) is 63.2 Å². The van der Waals surface area contributed by atoms with Crippen LogP contribution in [0.4, 0.5) is 10.5 Å². The maximum atomic E-state index is 12.6. The fourth-order valence-electron chi connectivity index (χ4n) is 2.95. The van der Waals surface area contributed by atoms with Crippen LogP contribution < -0.4 is 10.6 Å². The van der Waals surface area contributed by atoms with Gasteiger partial charge in [0.1, 0.15) is 0 Å². The van der Waals surface area contributed by atoms with Crippen molar-refractivity contribution in [1.29, 1.82) is 0 Å². The molecule has 27 heavy (non-hydrogen) atoms. The molecule has 0 aliphatic rings. The van der Waals surface area contributed by atoms with Crippen LogP contribution in [0.1, 0.15) is 60.1 Å². The number of amides is 2. The molecule has 0 fully saturated rings. The van der Waals surface area contributed by atoms with E-state index in [9.17, 15) is 4.79 Å². The van der Waals surface area contributed by atoms with Gasteiger partial charge in [-0.05, 0) is 67.7 Å². The molecule has 0 radical (unpaired) electrons. The summed E-state index contributed by atoms with van der Waals surface area (Å²) >= 11 is 0. The minimum absolute atomic E-state index is 0. The first-order chi connectivity index (χ1) is 12.7. The molecule has 0 heterocycles. The van der Waals surface area contributed by atoms with Crippen LogP contribution in [0.2, 0.25) is 0 Å². The van der Waals surface area contributed by atoms with Gasteiger partial charge in [-0.2, -0.15) is 0 Å². The van der Waals surface area contributed by atoms with Gasteiger partial charge in [-0.25, -0.2) is 4.79 Å². The van der Waals surface area contributed by atoms with Crippen LogP contribution >= 0.6 is 0 Å². The number of hydrogen-bond acceptors (Lipinski definition) is 1. The van der Waals surface area contributed by atoms with Crippen LogP contribution in [0, 0.1) is 0 Å². The van der Waals surface area contributed by atoms with Crippen molar-refractivity contribution in [2.24, 2.45) is 0 Å². The van der Waals surface area contributed by atoms with Gasteiger partial charge in [0.15, 0.2) is 0 Å². The summed E-state index contributed by atoms with van der Waals surface area (Å²) in [6.45, 7) is 16.2. The lowest BCUT2D eigenvalue weighted by molar-refractivity contribution is 0.242. The van der Waals surface area contributed by atoms with E-state index in [4.69, 9.17) is 0 Å². The number of anilines is 1. The molecule has 2 amide bonds. The maximum Gasteiger partial charge on any atom is 0.319 e. The Morgan fingerprint density at radius 2 is 1.74 bits per heavy atom. The van der Waals surface area contributed by atoms with E-state index in [1.54, 1.807) is 0 Å². The molecular weight excluding hydrogens is 332 g/mol. The van der Waals surface area contributed by atoms with Crippen molar-refractivity contribution in [2.75, 3.05) is 5.32 Å². The molecule has 3 heteroatoms. The van der Waals surface area contributed by atoms with Crippen LogP contribution in [0.3, 0.4) is 0 Å². The smallest absolute Gasteiger partial charge is 0.319 e. The maximum absolute atomic E-state index is 12.6. The van der Waals surface area contributed by atoms with Crippen molar-refractivity contribution < 1.29 is 7.65 Å². The standard InChI is InChI=1S/C24H30N2O.2H2/c1-7-10-18(4)20-12-9-14-22(16-20)25-23(27)26-24(5,6)21-13-8-11-19(15-21)17(2)3;;/h8-9,11-16H,2,4,7,10H2,1,3,5-6H3,(H2,25,26,27);2*1H. The molecule has 0 saturated heterocycles. The first-order valence-corrected chi connectivity index (χ1v) is 9.36. The predicted octanol–water partition coefficient (Wildman–Crippen LogP) is 7.08. The largest absolute Gasteiger partial charge is 0.329 e. The third-order valence-electron chi connectivity index (χ3n) is 4.58. The molecule has 2 aromatic rings. The fourth-order valence-corrected chi connectivity index (χ4v) is 2.95. The summed E-state index contributed by atoms with van der Waals surface area (Å²) in [4.78, 5) is 12.6. The molecule has 146 valence electrons. The van der Waals surface area contributed by atoms with Gasteiger partial charge in [-0.15, -0.1) is 0 Å². The quantitative estimate of drug-likeness (QED) is 0.540. The zero-order valence-corrected chi connectivity index (χ0v) is 16.9. The number of rotatable bonds is 7. The molecule has 0 saturated carbocycles. The summed E-state index contributed by atoms with van der Waals surface area (Å²) in [6.07, 6.45) is 2.00. The van der Waals surface area contributed by atoms with Gasteiger partial charge < -0.3 is 10.6 Å². The average molecular weight is 367 g/mol. The van der Waals surface area contributed by atoms with Crippen molar-refractivity contribution in [3.8, 4) is 0 Å². The molecular formula is C24H34N2O. The Bertz CT molecular complexity index is 859. The van der Waals surface area contributed by atoms with Crippen LogP contribution in [-0.2, 0) is 5.54 Å². The Balaban J connectivity index is 0.00000392. The number of urea groups is 1. The summed E-state index contributed by atoms with van der Waals surface area (Å²) in [7, 11) is 0. The topological polar surface area (TPSA) is 41.1 Å². The highest BCUT2D eigenvalue weighted by atomic mass is 16.2. The fraction of sp³-hybridized carbons (Fsp3) is 0.292. The van der Waals surface area contributed by atoms with Crippen molar-refractivity contribution in [1.82, 2.24) is 5.32 Å². The van der Waals surface area contributed by atoms with Crippen LogP contribution in [0.5, 0.6) is 0 Å². The molecule has 0 aliphatic heterocycles. The Labute approximate surface area is 166 Å². The molecule has 2 N–H and O–H groups in total. The van der Waals surface area contributed by atoms with Gasteiger partial charge in [0.05, 0.1) is 5.54 Å². The summed E-state index contributed by atoms with van der Waals surface area (Å²) in [5, 5.41) is 5.99. The number of hydrogen-bond donors (Lipinski definition) is 2. The lowest BCUT2D eigenvalue weighted by atomic mass is 9.92. The zero-order valence-electron chi connectivity index (χ0n) is 16.9. The van der Waals surface area contributed by atoms with Crippen LogP contribution in [-0.4, -0.2) is 6.03 Å². The van der Waals surface area contributed by atoms with Crippen LogP contribution in [0.25, 0.3) is 11.1 Å². The SMILES string of the molecule is C=C(C)c1cccc(C(C)(C)NC(=O)Nc2cccc(C(=C)CCC)c2)c1.[HH].[HH]. The second-order valence-corrected chi connectivity index (χ2v) is 7.50. The number of nitrogens with one attached hydrogen (secondary N) is 2. The van der Waals surface area contributed by atoms with E-state index in [0.29, 0.717) is 0 Å². The normalized spacial score (nSPS) is 11.0. The van der Waals surface area contributed by atoms with Crippen LogP contribution in [0.15, 0.2) is 61.7 Å². The predicted molar refractivity (Wildman–Crippen MR) is 121 cm³/mol. The number of carbonyl (C=O) groups excluding carboxylic acids is 1. The summed E-state index contributed by atoms with van der Waals surface area (Å²) < 4.78 is 0. The lowest BCUT2D eigenvalue weighted by Gasteiger charge is -2.27. The third kappa shape index (κ3) is 5.58. The lowest BCUT2D eigenvalue weighted by Crippen LogP contribution is -2.43. The van der Waals surface area contributed by atoms with Gasteiger partial charge >= 0.3 is 6.03 Å². The molecule has 0 spiro atoms. The van der Waals surface area contributed by atoms with E-state index in [-0.39, 0.29) is 8.88 Å². The highest BCUT2D eigenvalue weighted by Crippen LogP contribution is 2.24. The Hall–Kier alpha value is -2.81. The Morgan fingerprint density at radius 3 is 2.41 bits per heavy atom. The number of benzene rings is 2. The van der Waals surface area contributed by atoms with E-state index >= 15 is 0 Å². The van der Waals surface area contributed by atoms with Gasteiger partial charge in [0, 0.05) is 8.54 Å². The Kier molecular flexibility index (Phi) is 6.62. The first-order valence-electron chi connectivity index (χ1n) is 9.36. The molecule has 0 aromatic heterocycles. The molecule has 2 aromatic carbocycles.